The van der Waals surface area contributed by atoms with Gasteiger partial charge in [0.2, 0.25) is 15.9 Å². The Morgan fingerprint density at radius 3 is 2.23 bits per heavy atom. The Bertz CT molecular complexity index is 706. The normalized spacial score (nSPS) is 20.3. The third-order valence-electron chi connectivity index (χ3n) is 5.01. The Morgan fingerprint density at radius 2 is 1.62 bits per heavy atom. The van der Waals surface area contributed by atoms with Crippen LogP contribution in [0.1, 0.15) is 12.0 Å². The highest BCUT2D eigenvalue weighted by atomic mass is 32.2. The number of ether oxygens (including phenoxy) is 1. The lowest BCUT2D eigenvalue weighted by Gasteiger charge is -2.32. The minimum atomic E-state index is -3.46. The largest absolute Gasteiger partial charge is 0.379 e. The summed E-state index contributed by atoms with van der Waals surface area (Å²) in [6.07, 6.45) is 1.09. The minimum absolute atomic E-state index is 0.170. The summed E-state index contributed by atoms with van der Waals surface area (Å²) in [6, 6.07) is 6.90. The molecule has 0 saturated carbocycles. The van der Waals surface area contributed by atoms with Crippen LogP contribution in [0.25, 0.3) is 0 Å². The van der Waals surface area contributed by atoms with Crippen molar-refractivity contribution in [2.24, 2.45) is 0 Å². The van der Waals surface area contributed by atoms with E-state index in [1.54, 1.807) is 12.1 Å². The first-order chi connectivity index (χ1) is 12.5. The van der Waals surface area contributed by atoms with Crippen molar-refractivity contribution in [3.8, 4) is 0 Å². The quantitative estimate of drug-likeness (QED) is 0.739. The fourth-order valence-corrected chi connectivity index (χ4v) is 4.64. The summed E-state index contributed by atoms with van der Waals surface area (Å²) in [6.45, 7) is 5.06. The van der Waals surface area contributed by atoms with Gasteiger partial charge in [0.25, 0.3) is 0 Å². The Labute approximate surface area is 155 Å². The van der Waals surface area contributed by atoms with Gasteiger partial charge in [-0.15, -0.1) is 0 Å². The Hall–Kier alpha value is -1.48. The molecule has 3 rings (SSSR count). The highest BCUT2D eigenvalue weighted by molar-refractivity contribution is 7.89. The number of likely N-dealkylation sites (N-methyl/N-ethyl adjacent to an activating group) is 1. The first-order valence-electron chi connectivity index (χ1n) is 9.10. The topological polar surface area (TPSA) is 70.2 Å². The highest BCUT2D eigenvalue weighted by Gasteiger charge is 2.26. The minimum Gasteiger partial charge on any atom is -0.379 e. The van der Waals surface area contributed by atoms with Gasteiger partial charge in [0.15, 0.2) is 0 Å². The van der Waals surface area contributed by atoms with Gasteiger partial charge >= 0.3 is 0 Å². The number of hydrogen-bond acceptors (Lipinski definition) is 5. The molecule has 0 spiro atoms. The number of morpholine rings is 1. The fraction of sp³-hybridized carbons (Fsp3) is 0.611. The van der Waals surface area contributed by atoms with Crippen molar-refractivity contribution in [2.45, 2.75) is 17.7 Å². The van der Waals surface area contributed by atoms with Gasteiger partial charge in [-0.1, -0.05) is 12.1 Å². The van der Waals surface area contributed by atoms with Crippen LogP contribution in [0.15, 0.2) is 29.2 Å². The third kappa shape index (κ3) is 4.62. The highest BCUT2D eigenvalue weighted by Crippen LogP contribution is 2.18. The molecule has 2 aliphatic heterocycles. The van der Waals surface area contributed by atoms with E-state index < -0.39 is 10.0 Å². The van der Waals surface area contributed by atoms with Crippen LogP contribution in [-0.4, -0.2) is 88.0 Å². The SMILES string of the molecule is CN1CCN(C(=O)CCc2ccc(S(=O)(=O)N3CCOCC3)cc2)CC1. The van der Waals surface area contributed by atoms with Crippen molar-refractivity contribution in [3.05, 3.63) is 29.8 Å². The van der Waals surface area contributed by atoms with Crippen molar-refractivity contribution in [1.29, 1.82) is 0 Å². The van der Waals surface area contributed by atoms with E-state index in [0.29, 0.717) is 44.0 Å². The summed E-state index contributed by atoms with van der Waals surface area (Å²) in [5, 5.41) is 0. The number of carbonyl (C=O) groups is 1. The molecule has 2 fully saturated rings. The van der Waals surface area contributed by atoms with Crippen LogP contribution >= 0.6 is 0 Å². The fourth-order valence-electron chi connectivity index (χ4n) is 3.23. The second-order valence-electron chi connectivity index (χ2n) is 6.84. The van der Waals surface area contributed by atoms with Gasteiger partial charge in [-0.3, -0.25) is 4.79 Å². The lowest BCUT2D eigenvalue weighted by atomic mass is 10.1. The summed E-state index contributed by atoms with van der Waals surface area (Å²) in [7, 11) is -1.40. The number of rotatable bonds is 5. The van der Waals surface area contributed by atoms with Gasteiger partial charge in [-0.2, -0.15) is 4.31 Å². The number of benzene rings is 1. The molecule has 1 aromatic rings. The maximum absolute atomic E-state index is 12.6. The van der Waals surface area contributed by atoms with E-state index >= 15 is 0 Å². The molecule has 0 bridgehead atoms. The molecule has 7 nitrogen and oxygen atoms in total. The summed E-state index contributed by atoms with van der Waals surface area (Å²) in [5.74, 6) is 0.170. The standard InChI is InChI=1S/C18H27N3O4S/c1-19-8-10-20(11-9-19)18(22)7-4-16-2-5-17(6-3-16)26(23,24)21-12-14-25-15-13-21/h2-3,5-6H,4,7-15H2,1H3. The van der Waals surface area contributed by atoms with E-state index in [0.717, 1.165) is 31.7 Å². The van der Waals surface area contributed by atoms with Crippen LogP contribution < -0.4 is 0 Å². The van der Waals surface area contributed by atoms with Gasteiger partial charge in [0.1, 0.15) is 0 Å². The molecular weight excluding hydrogens is 354 g/mol. The number of aryl methyl sites for hydroxylation is 1. The lowest BCUT2D eigenvalue weighted by Crippen LogP contribution is -2.47. The zero-order valence-corrected chi connectivity index (χ0v) is 16.1. The molecule has 26 heavy (non-hydrogen) atoms. The number of amides is 1. The monoisotopic (exact) mass is 381 g/mol. The Kier molecular flexibility index (Phi) is 6.29. The second-order valence-corrected chi connectivity index (χ2v) is 8.78. The average molecular weight is 381 g/mol. The smallest absolute Gasteiger partial charge is 0.243 e. The number of sulfonamides is 1. The first kappa shape index (κ1) is 19.3. The van der Waals surface area contributed by atoms with Crippen molar-refractivity contribution in [3.63, 3.8) is 0 Å². The maximum atomic E-state index is 12.6. The molecule has 0 atom stereocenters. The maximum Gasteiger partial charge on any atom is 0.243 e. The summed E-state index contributed by atoms with van der Waals surface area (Å²) in [5.41, 5.74) is 0.980. The third-order valence-corrected chi connectivity index (χ3v) is 6.93. The molecular formula is C18H27N3O4S. The van der Waals surface area contributed by atoms with Crippen LogP contribution in [0.3, 0.4) is 0 Å². The number of hydrogen-bond donors (Lipinski definition) is 0. The van der Waals surface area contributed by atoms with Crippen LogP contribution in [-0.2, 0) is 26.0 Å². The predicted molar refractivity (Wildman–Crippen MR) is 98.4 cm³/mol. The molecule has 144 valence electrons. The zero-order chi connectivity index (χ0) is 18.6. The van der Waals surface area contributed by atoms with Gasteiger partial charge in [0, 0.05) is 45.7 Å². The van der Waals surface area contributed by atoms with E-state index in [2.05, 4.69) is 11.9 Å². The summed E-state index contributed by atoms with van der Waals surface area (Å²) >= 11 is 0. The van der Waals surface area contributed by atoms with Gasteiger partial charge in [0.05, 0.1) is 18.1 Å². The average Bonchev–Trinajstić information content (AvgIpc) is 2.67. The molecule has 0 aromatic heterocycles. The molecule has 1 aromatic carbocycles. The number of nitrogens with zero attached hydrogens (tertiary/aromatic N) is 3. The van der Waals surface area contributed by atoms with Crippen molar-refractivity contribution < 1.29 is 17.9 Å². The van der Waals surface area contributed by atoms with Crippen LogP contribution in [0.2, 0.25) is 0 Å². The molecule has 1 amide bonds. The van der Waals surface area contributed by atoms with Crippen molar-refractivity contribution >= 4 is 15.9 Å². The number of piperazine rings is 1. The molecule has 2 aliphatic rings. The molecule has 0 N–H and O–H groups in total. The van der Waals surface area contributed by atoms with Gasteiger partial charge in [-0.25, -0.2) is 8.42 Å². The van der Waals surface area contributed by atoms with E-state index in [1.165, 1.54) is 4.31 Å². The van der Waals surface area contributed by atoms with Crippen molar-refractivity contribution in [2.75, 3.05) is 59.5 Å². The molecule has 2 heterocycles. The molecule has 0 aliphatic carbocycles. The summed E-state index contributed by atoms with van der Waals surface area (Å²) in [4.78, 5) is 16.7. The predicted octanol–water partition coefficient (Wildman–Crippen LogP) is 0.414. The Balaban J connectivity index is 1.55. The van der Waals surface area contributed by atoms with E-state index in [-0.39, 0.29) is 5.91 Å². The number of carbonyl (C=O) groups excluding carboxylic acids is 1. The molecule has 2 saturated heterocycles. The Morgan fingerprint density at radius 1 is 1.00 bits per heavy atom. The van der Waals surface area contributed by atoms with E-state index in [4.69, 9.17) is 4.74 Å². The molecule has 0 unspecified atom stereocenters. The van der Waals surface area contributed by atoms with E-state index in [1.807, 2.05) is 17.0 Å². The second kappa shape index (κ2) is 8.47. The first-order valence-corrected chi connectivity index (χ1v) is 10.5. The van der Waals surface area contributed by atoms with Gasteiger partial charge < -0.3 is 14.5 Å². The van der Waals surface area contributed by atoms with Gasteiger partial charge in [-0.05, 0) is 31.2 Å². The van der Waals surface area contributed by atoms with Crippen molar-refractivity contribution in [1.82, 2.24) is 14.1 Å². The van der Waals surface area contributed by atoms with Crippen LogP contribution in [0.4, 0.5) is 0 Å². The zero-order valence-electron chi connectivity index (χ0n) is 15.3. The molecule has 8 heteroatoms. The van der Waals surface area contributed by atoms with E-state index in [9.17, 15) is 13.2 Å². The lowest BCUT2D eigenvalue weighted by molar-refractivity contribution is -0.132. The van der Waals surface area contributed by atoms with Crippen LogP contribution in [0.5, 0.6) is 0 Å². The molecule has 0 radical (unpaired) electrons. The summed E-state index contributed by atoms with van der Waals surface area (Å²) < 4.78 is 31.9. The van der Waals surface area contributed by atoms with Crippen LogP contribution in [0, 0.1) is 0 Å².